The number of rotatable bonds is 5. The van der Waals surface area contributed by atoms with Crippen LogP contribution in [0.2, 0.25) is 0 Å². The Morgan fingerprint density at radius 3 is 2.44 bits per heavy atom. The summed E-state index contributed by atoms with van der Waals surface area (Å²) >= 11 is 6.26. The maximum absolute atomic E-state index is 13.5. The molecule has 0 radical (unpaired) electrons. The van der Waals surface area contributed by atoms with Crippen molar-refractivity contribution in [2.75, 3.05) is 18.4 Å². The molecule has 0 N–H and O–H groups in total. The molecule has 0 fully saturated rings. The van der Waals surface area contributed by atoms with Gasteiger partial charge in [-0.25, -0.2) is 4.39 Å². The highest BCUT2D eigenvalue weighted by atomic mass is 79.9. The molecule has 0 unspecified atom stereocenters. The summed E-state index contributed by atoms with van der Waals surface area (Å²) in [5, 5.41) is 0.401. The third-order valence-corrected chi connectivity index (χ3v) is 3.05. The molecular weight excluding hydrogens is 382 g/mol. The van der Waals surface area contributed by atoms with Gasteiger partial charge in [0.15, 0.2) is 0 Å². The zero-order chi connectivity index (χ0) is 13.8. The van der Waals surface area contributed by atoms with Crippen molar-refractivity contribution in [1.82, 2.24) is 4.90 Å². The molecule has 0 amide bonds. The van der Waals surface area contributed by atoms with E-state index < -0.39 is 18.5 Å². The zero-order valence-corrected chi connectivity index (χ0v) is 12.4. The van der Waals surface area contributed by atoms with E-state index in [1.54, 1.807) is 0 Å². The maximum atomic E-state index is 13.5. The fourth-order valence-corrected chi connectivity index (χ4v) is 2.40. The summed E-state index contributed by atoms with van der Waals surface area (Å²) in [5.41, 5.74) is 0.245. The van der Waals surface area contributed by atoms with Gasteiger partial charge in [-0.05, 0) is 18.2 Å². The lowest BCUT2D eigenvalue weighted by Crippen LogP contribution is -2.35. The lowest BCUT2D eigenvalue weighted by Gasteiger charge is -2.23. The van der Waals surface area contributed by atoms with Gasteiger partial charge in [0, 0.05) is 28.5 Å². The SMILES string of the molecule is Fc1ccc(Br)cc1CN(CCBr)CC(F)(F)F. The van der Waals surface area contributed by atoms with Gasteiger partial charge in [-0.15, -0.1) is 0 Å². The molecule has 0 aliphatic carbocycles. The standard InChI is InChI=1S/C11H11Br2F4N/c12-3-4-18(7-11(15,16)17)6-8-5-9(13)1-2-10(8)14/h1-2,5H,3-4,6-7H2. The van der Waals surface area contributed by atoms with Crippen LogP contribution < -0.4 is 0 Å². The molecule has 1 aromatic carbocycles. The Morgan fingerprint density at radius 1 is 1.22 bits per heavy atom. The van der Waals surface area contributed by atoms with Gasteiger partial charge in [0.05, 0.1) is 6.54 Å². The van der Waals surface area contributed by atoms with Crippen LogP contribution >= 0.6 is 31.9 Å². The summed E-state index contributed by atoms with van der Waals surface area (Å²) in [6.45, 7) is -0.924. The molecule has 1 nitrogen and oxygen atoms in total. The summed E-state index contributed by atoms with van der Waals surface area (Å²) in [6, 6.07) is 4.24. The van der Waals surface area contributed by atoms with Gasteiger partial charge in [0.1, 0.15) is 5.82 Å². The monoisotopic (exact) mass is 391 g/mol. The van der Waals surface area contributed by atoms with Gasteiger partial charge in [-0.2, -0.15) is 13.2 Å². The third-order valence-electron chi connectivity index (χ3n) is 2.21. The number of hydrogen-bond acceptors (Lipinski definition) is 1. The highest BCUT2D eigenvalue weighted by molar-refractivity contribution is 9.10. The van der Waals surface area contributed by atoms with Crippen molar-refractivity contribution < 1.29 is 17.6 Å². The molecule has 18 heavy (non-hydrogen) atoms. The normalized spacial score (nSPS) is 12.2. The van der Waals surface area contributed by atoms with Gasteiger partial charge in [-0.3, -0.25) is 4.90 Å². The predicted octanol–water partition coefficient (Wildman–Crippen LogP) is 4.35. The zero-order valence-electron chi connectivity index (χ0n) is 9.28. The topological polar surface area (TPSA) is 3.24 Å². The van der Waals surface area contributed by atoms with E-state index in [1.165, 1.54) is 18.2 Å². The van der Waals surface area contributed by atoms with E-state index in [9.17, 15) is 17.6 Å². The Labute approximate surface area is 119 Å². The van der Waals surface area contributed by atoms with E-state index in [1.807, 2.05) is 0 Å². The first-order chi connectivity index (χ1) is 8.31. The summed E-state index contributed by atoms with van der Waals surface area (Å²) in [4.78, 5) is 1.15. The van der Waals surface area contributed by atoms with Gasteiger partial charge < -0.3 is 0 Å². The van der Waals surface area contributed by atoms with E-state index in [-0.39, 0.29) is 18.7 Å². The van der Waals surface area contributed by atoms with Crippen LogP contribution in [0.1, 0.15) is 5.56 Å². The van der Waals surface area contributed by atoms with Crippen molar-refractivity contribution in [3.63, 3.8) is 0 Å². The molecule has 0 heterocycles. The smallest absolute Gasteiger partial charge is 0.290 e. The van der Waals surface area contributed by atoms with E-state index in [4.69, 9.17) is 0 Å². The first-order valence-corrected chi connectivity index (χ1v) is 7.02. The van der Waals surface area contributed by atoms with E-state index in [0.717, 1.165) is 4.90 Å². The number of nitrogens with zero attached hydrogens (tertiary/aromatic N) is 1. The molecule has 0 aliphatic rings. The second kappa shape index (κ2) is 6.86. The minimum absolute atomic E-state index is 0.0730. The predicted molar refractivity (Wildman–Crippen MR) is 69.2 cm³/mol. The fraction of sp³-hybridized carbons (Fsp3) is 0.455. The Balaban J connectivity index is 2.79. The van der Waals surface area contributed by atoms with Crippen molar-refractivity contribution in [1.29, 1.82) is 0 Å². The number of hydrogen-bond donors (Lipinski definition) is 0. The van der Waals surface area contributed by atoms with Crippen LogP contribution in [0.15, 0.2) is 22.7 Å². The molecule has 0 aromatic heterocycles. The average molecular weight is 393 g/mol. The molecular formula is C11H11Br2F4N. The Hall–Kier alpha value is -0.140. The summed E-state index contributed by atoms with van der Waals surface area (Å²) in [7, 11) is 0. The van der Waals surface area contributed by atoms with Crippen LogP contribution in [0, 0.1) is 5.82 Å². The summed E-state index contributed by atoms with van der Waals surface area (Å²) < 4.78 is 51.2. The molecule has 1 aromatic rings. The van der Waals surface area contributed by atoms with Crippen LogP contribution in [0.25, 0.3) is 0 Å². The molecule has 0 atom stereocenters. The second-order valence-corrected chi connectivity index (χ2v) is 5.46. The van der Waals surface area contributed by atoms with Gasteiger partial charge in [0.2, 0.25) is 0 Å². The van der Waals surface area contributed by atoms with Crippen LogP contribution in [-0.4, -0.2) is 29.5 Å². The Morgan fingerprint density at radius 2 is 1.89 bits per heavy atom. The van der Waals surface area contributed by atoms with Crippen LogP contribution in [0.4, 0.5) is 17.6 Å². The van der Waals surface area contributed by atoms with Crippen molar-refractivity contribution >= 4 is 31.9 Å². The highest BCUT2D eigenvalue weighted by Crippen LogP contribution is 2.21. The molecule has 1 rings (SSSR count). The van der Waals surface area contributed by atoms with Crippen LogP contribution in [0.3, 0.4) is 0 Å². The molecule has 0 spiro atoms. The fourth-order valence-electron chi connectivity index (χ4n) is 1.49. The molecule has 7 heteroatoms. The first kappa shape index (κ1) is 15.9. The Bertz CT molecular complexity index is 395. The van der Waals surface area contributed by atoms with E-state index >= 15 is 0 Å². The molecule has 0 saturated heterocycles. The molecule has 0 bridgehead atoms. The van der Waals surface area contributed by atoms with E-state index in [0.29, 0.717) is 9.80 Å². The van der Waals surface area contributed by atoms with Crippen molar-refractivity contribution in [2.45, 2.75) is 12.7 Å². The molecule has 0 aliphatic heterocycles. The highest BCUT2D eigenvalue weighted by Gasteiger charge is 2.30. The lowest BCUT2D eigenvalue weighted by molar-refractivity contribution is -0.146. The van der Waals surface area contributed by atoms with Crippen LogP contribution in [0.5, 0.6) is 0 Å². The lowest BCUT2D eigenvalue weighted by atomic mass is 10.2. The van der Waals surface area contributed by atoms with Crippen molar-refractivity contribution in [2.24, 2.45) is 0 Å². The largest absolute Gasteiger partial charge is 0.401 e. The Kier molecular flexibility index (Phi) is 6.07. The number of benzene rings is 1. The number of alkyl halides is 4. The molecule has 102 valence electrons. The van der Waals surface area contributed by atoms with Crippen molar-refractivity contribution in [3.8, 4) is 0 Å². The quantitative estimate of drug-likeness (QED) is 0.532. The summed E-state index contributed by atoms with van der Waals surface area (Å²) in [6.07, 6.45) is -4.29. The third kappa shape index (κ3) is 5.67. The van der Waals surface area contributed by atoms with E-state index in [2.05, 4.69) is 31.9 Å². The average Bonchev–Trinajstić information content (AvgIpc) is 2.21. The molecule has 0 saturated carbocycles. The second-order valence-electron chi connectivity index (χ2n) is 3.75. The minimum atomic E-state index is -4.29. The maximum Gasteiger partial charge on any atom is 0.401 e. The summed E-state index contributed by atoms with van der Waals surface area (Å²) in [5.74, 6) is -0.500. The van der Waals surface area contributed by atoms with Crippen molar-refractivity contribution in [3.05, 3.63) is 34.1 Å². The van der Waals surface area contributed by atoms with Gasteiger partial charge >= 0.3 is 6.18 Å². The van der Waals surface area contributed by atoms with Gasteiger partial charge in [0.25, 0.3) is 0 Å². The van der Waals surface area contributed by atoms with Gasteiger partial charge in [-0.1, -0.05) is 31.9 Å². The minimum Gasteiger partial charge on any atom is -0.290 e. The number of halogens is 6. The van der Waals surface area contributed by atoms with Crippen LogP contribution in [-0.2, 0) is 6.54 Å². The first-order valence-electron chi connectivity index (χ1n) is 5.11.